The Morgan fingerprint density at radius 1 is 1.22 bits per heavy atom. The van der Waals surface area contributed by atoms with Crippen LogP contribution in [0.3, 0.4) is 0 Å². The topological polar surface area (TPSA) is 106 Å². The predicted molar refractivity (Wildman–Crippen MR) is 88.6 cm³/mol. The lowest BCUT2D eigenvalue weighted by molar-refractivity contribution is -0.156. The highest BCUT2D eigenvalue weighted by Gasteiger charge is 2.43. The summed E-state index contributed by atoms with van der Waals surface area (Å²) in [7, 11) is 0. The Labute approximate surface area is 145 Å². The van der Waals surface area contributed by atoms with Crippen LogP contribution < -0.4 is 4.74 Å². The molecule has 126 valence electrons. The maximum Gasteiger partial charge on any atom is 0.146 e. The molecule has 1 aromatic carbocycles. The SMILES string of the molecule is OCC1CC(Oc2c[nH]c3ccc(Br)c(Cl)c23)C(O)C(O)C1O. The van der Waals surface area contributed by atoms with Crippen molar-refractivity contribution in [2.24, 2.45) is 5.92 Å². The number of aromatic nitrogens is 1. The van der Waals surface area contributed by atoms with Gasteiger partial charge in [-0.25, -0.2) is 0 Å². The van der Waals surface area contributed by atoms with Crippen molar-refractivity contribution in [2.45, 2.75) is 30.8 Å². The maximum atomic E-state index is 10.1. The third-order valence-corrected chi connectivity index (χ3v) is 5.59. The lowest BCUT2D eigenvalue weighted by Gasteiger charge is -2.39. The van der Waals surface area contributed by atoms with E-state index in [9.17, 15) is 20.4 Å². The van der Waals surface area contributed by atoms with Crippen molar-refractivity contribution in [1.82, 2.24) is 4.98 Å². The summed E-state index contributed by atoms with van der Waals surface area (Å²) < 4.78 is 6.55. The number of hydrogen-bond acceptors (Lipinski definition) is 5. The fourth-order valence-electron chi connectivity index (χ4n) is 2.96. The summed E-state index contributed by atoms with van der Waals surface area (Å²) in [5, 5.41) is 40.4. The van der Waals surface area contributed by atoms with Crippen LogP contribution in [0, 0.1) is 5.92 Å². The molecule has 0 radical (unpaired) electrons. The van der Waals surface area contributed by atoms with Crippen LogP contribution in [0.2, 0.25) is 5.02 Å². The second-order valence-electron chi connectivity index (χ2n) is 5.74. The first kappa shape index (κ1) is 17.0. The lowest BCUT2D eigenvalue weighted by Crippen LogP contribution is -2.56. The van der Waals surface area contributed by atoms with E-state index in [0.717, 1.165) is 5.52 Å². The Kier molecular flexibility index (Phi) is 4.87. The maximum absolute atomic E-state index is 10.1. The standard InChI is InChI=1S/C15H17BrClNO5/c16-7-1-2-8-11(12(7)17)10(4-18-8)23-9-3-6(5-19)13(20)15(22)14(9)21/h1-2,4,6,9,13-15,18-22H,3,5H2. The minimum Gasteiger partial charge on any atom is -0.485 e. The fraction of sp³-hybridized carbons (Fsp3) is 0.467. The van der Waals surface area contributed by atoms with E-state index in [1.807, 2.05) is 12.1 Å². The summed E-state index contributed by atoms with van der Waals surface area (Å²) in [6.45, 7) is -0.301. The summed E-state index contributed by atoms with van der Waals surface area (Å²) in [6, 6.07) is 3.65. The molecule has 2 aromatic rings. The molecule has 0 aliphatic heterocycles. The molecule has 1 aromatic heterocycles. The van der Waals surface area contributed by atoms with Crippen LogP contribution in [0.25, 0.3) is 10.9 Å². The van der Waals surface area contributed by atoms with Crippen LogP contribution in [0.15, 0.2) is 22.8 Å². The van der Waals surface area contributed by atoms with Crippen LogP contribution in [-0.2, 0) is 0 Å². The van der Waals surface area contributed by atoms with Crippen LogP contribution in [0.1, 0.15) is 6.42 Å². The van der Waals surface area contributed by atoms with Crippen molar-refractivity contribution < 1.29 is 25.2 Å². The molecule has 1 aliphatic carbocycles. The van der Waals surface area contributed by atoms with Gasteiger partial charge in [0.05, 0.1) is 22.0 Å². The van der Waals surface area contributed by atoms with Gasteiger partial charge in [-0.05, 0) is 34.5 Å². The summed E-state index contributed by atoms with van der Waals surface area (Å²) in [4.78, 5) is 3.03. The van der Waals surface area contributed by atoms with Crippen LogP contribution in [-0.4, -0.2) is 56.4 Å². The van der Waals surface area contributed by atoms with Gasteiger partial charge >= 0.3 is 0 Å². The summed E-state index contributed by atoms with van der Waals surface area (Å²) >= 11 is 9.65. The van der Waals surface area contributed by atoms with Gasteiger partial charge in [0.2, 0.25) is 0 Å². The number of nitrogens with one attached hydrogen (secondary N) is 1. The van der Waals surface area contributed by atoms with E-state index in [2.05, 4.69) is 20.9 Å². The molecule has 0 amide bonds. The first-order valence-electron chi connectivity index (χ1n) is 7.20. The average molecular weight is 407 g/mol. The quantitative estimate of drug-likeness (QED) is 0.530. The first-order chi connectivity index (χ1) is 10.9. The number of rotatable bonds is 3. The van der Waals surface area contributed by atoms with Gasteiger partial charge in [-0.1, -0.05) is 11.6 Å². The van der Waals surface area contributed by atoms with Crippen molar-refractivity contribution in [3.63, 3.8) is 0 Å². The number of benzene rings is 1. The van der Waals surface area contributed by atoms with Gasteiger partial charge in [0.15, 0.2) is 0 Å². The predicted octanol–water partition coefficient (Wildman–Crippen LogP) is 1.43. The molecule has 23 heavy (non-hydrogen) atoms. The van der Waals surface area contributed by atoms with Gasteiger partial charge < -0.3 is 30.1 Å². The Morgan fingerprint density at radius 3 is 2.65 bits per heavy atom. The van der Waals surface area contributed by atoms with E-state index in [0.29, 0.717) is 20.6 Å². The number of aromatic amines is 1. The largest absolute Gasteiger partial charge is 0.485 e. The molecule has 0 bridgehead atoms. The summed E-state index contributed by atoms with van der Waals surface area (Å²) in [5.74, 6) is -0.124. The highest BCUT2D eigenvalue weighted by molar-refractivity contribution is 9.10. The minimum absolute atomic E-state index is 0.216. The Bertz CT molecular complexity index is 706. The summed E-state index contributed by atoms with van der Waals surface area (Å²) in [6.07, 6.45) is -2.74. The van der Waals surface area contributed by atoms with Gasteiger partial charge in [-0.3, -0.25) is 0 Å². The number of ether oxygens (including phenoxy) is 1. The lowest BCUT2D eigenvalue weighted by atomic mass is 9.81. The monoisotopic (exact) mass is 405 g/mol. The highest BCUT2D eigenvalue weighted by Crippen LogP contribution is 2.38. The van der Waals surface area contributed by atoms with Crippen molar-refractivity contribution in [3.8, 4) is 5.75 Å². The zero-order chi connectivity index (χ0) is 16.7. The van der Waals surface area contributed by atoms with E-state index in [1.165, 1.54) is 0 Å². The second kappa shape index (κ2) is 6.58. The molecule has 1 heterocycles. The third kappa shape index (κ3) is 2.97. The fourth-order valence-corrected chi connectivity index (χ4v) is 3.55. The number of halogens is 2. The molecule has 0 spiro atoms. The highest BCUT2D eigenvalue weighted by atomic mass is 79.9. The average Bonchev–Trinajstić information content (AvgIpc) is 2.95. The van der Waals surface area contributed by atoms with Gasteiger partial charge in [-0.2, -0.15) is 0 Å². The number of H-pyrrole nitrogens is 1. The molecule has 1 saturated carbocycles. The van der Waals surface area contributed by atoms with E-state index in [4.69, 9.17) is 16.3 Å². The molecule has 6 nitrogen and oxygen atoms in total. The van der Waals surface area contributed by atoms with E-state index >= 15 is 0 Å². The molecule has 8 heteroatoms. The van der Waals surface area contributed by atoms with Crippen LogP contribution in [0.4, 0.5) is 0 Å². The van der Waals surface area contributed by atoms with E-state index in [1.54, 1.807) is 6.20 Å². The molecule has 5 N–H and O–H groups in total. The second-order valence-corrected chi connectivity index (χ2v) is 6.98. The molecule has 3 rings (SSSR count). The van der Waals surface area contributed by atoms with Crippen molar-refractivity contribution in [2.75, 3.05) is 6.61 Å². The Morgan fingerprint density at radius 2 is 1.96 bits per heavy atom. The van der Waals surface area contributed by atoms with Crippen molar-refractivity contribution >= 4 is 38.4 Å². The smallest absolute Gasteiger partial charge is 0.146 e. The number of aliphatic hydroxyl groups excluding tert-OH is 4. The van der Waals surface area contributed by atoms with Crippen molar-refractivity contribution in [1.29, 1.82) is 0 Å². The molecular weight excluding hydrogens is 390 g/mol. The Hall–Kier alpha value is -0.830. The van der Waals surface area contributed by atoms with Gasteiger partial charge in [0.1, 0.15) is 24.1 Å². The molecular formula is C15H17BrClNO5. The first-order valence-corrected chi connectivity index (χ1v) is 8.38. The molecule has 1 aliphatic rings. The molecule has 0 saturated heterocycles. The van der Waals surface area contributed by atoms with Gasteiger partial charge in [-0.15, -0.1) is 0 Å². The normalized spacial score (nSPS) is 31.5. The third-order valence-electron chi connectivity index (χ3n) is 4.31. The Balaban J connectivity index is 1.91. The van der Waals surface area contributed by atoms with E-state index < -0.39 is 30.3 Å². The summed E-state index contributed by atoms with van der Waals surface area (Å²) in [5.41, 5.74) is 0.776. The number of hydrogen-bond donors (Lipinski definition) is 5. The van der Waals surface area contributed by atoms with Gasteiger partial charge in [0.25, 0.3) is 0 Å². The zero-order valence-electron chi connectivity index (χ0n) is 12.0. The minimum atomic E-state index is -1.38. The molecule has 5 unspecified atom stereocenters. The van der Waals surface area contributed by atoms with E-state index in [-0.39, 0.29) is 13.0 Å². The van der Waals surface area contributed by atoms with Crippen LogP contribution in [0.5, 0.6) is 5.75 Å². The molecule has 5 atom stereocenters. The number of fused-ring (bicyclic) bond motifs is 1. The van der Waals surface area contributed by atoms with Gasteiger partial charge in [0, 0.05) is 23.2 Å². The number of aliphatic hydroxyl groups is 4. The molecule has 1 fully saturated rings. The van der Waals surface area contributed by atoms with Crippen LogP contribution >= 0.6 is 27.5 Å². The van der Waals surface area contributed by atoms with Crippen molar-refractivity contribution in [3.05, 3.63) is 27.8 Å². The zero-order valence-corrected chi connectivity index (χ0v) is 14.3.